The predicted octanol–water partition coefficient (Wildman–Crippen LogP) is -0.0370. The van der Waals surface area contributed by atoms with Crippen molar-refractivity contribution < 1.29 is 9.90 Å². The summed E-state index contributed by atoms with van der Waals surface area (Å²) in [4.78, 5) is 10.3. The highest BCUT2D eigenvalue weighted by molar-refractivity contribution is 5.78. The summed E-state index contributed by atoms with van der Waals surface area (Å²) in [6, 6.07) is 0. The van der Waals surface area contributed by atoms with Crippen LogP contribution in [-0.2, 0) is 4.79 Å². The molecule has 0 aromatic heterocycles. The standard InChI is InChI=1S/C5H6NO2/c7-4-1-2-6-5(8)3-4/h1,7H,2-3H2. The largest absolute Gasteiger partial charge is 0.512 e. The molecule has 0 spiro atoms. The zero-order valence-corrected chi connectivity index (χ0v) is 4.29. The van der Waals surface area contributed by atoms with Crippen LogP contribution in [0.4, 0.5) is 0 Å². The maximum absolute atomic E-state index is 10.3. The van der Waals surface area contributed by atoms with E-state index in [4.69, 9.17) is 5.11 Å². The topological polar surface area (TPSA) is 51.4 Å². The lowest BCUT2D eigenvalue weighted by Gasteiger charge is -2.04. The summed E-state index contributed by atoms with van der Waals surface area (Å²) in [6.45, 7) is 0.338. The molecule has 0 saturated carbocycles. The molecule has 0 aromatic carbocycles. The molecule has 43 valence electrons. The van der Waals surface area contributed by atoms with Gasteiger partial charge in [-0.1, -0.05) is 0 Å². The van der Waals surface area contributed by atoms with Gasteiger partial charge in [-0.15, -0.1) is 0 Å². The van der Waals surface area contributed by atoms with E-state index in [9.17, 15) is 4.79 Å². The summed E-state index contributed by atoms with van der Waals surface area (Å²) in [7, 11) is 0. The maximum atomic E-state index is 10.3. The lowest BCUT2D eigenvalue weighted by Crippen LogP contribution is -2.20. The Morgan fingerprint density at radius 2 is 2.50 bits per heavy atom. The smallest absolute Gasteiger partial charge is 0.249 e. The fourth-order valence-corrected chi connectivity index (χ4v) is 0.536. The first-order chi connectivity index (χ1) is 3.79. The summed E-state index contributed by atoms with van der Waals surface area (Å²) < 4.78 is 0. The maximum Gasteiger partial charge on any atom is 0.249 e. The molecule has 3 nitrogen and oxygen atoms in total. The molecule has 8 heavy (non-hydrogen) atoms. The second-order valence-electron chi connectivity index (χ2n) is 1.61. The SMILES string of the molecule is O=C1CC(O)=CC[N]1. The molecule has 0 fully saturated rings. The third-order valence-electron chi connectivity index (χ3n) is 0.927. The summed E-state index contributed by atoms with van der Waals surface area (Å²) in [5.41, 5.74) is 0. The number of hydrogen-bond acceptors (Lipinski definition) is 2. The van der Waals surface area contributed by atoms with Crippen LogP contribution in [0.15, 0.2) is 11.8 Å². The van der Waals surface area contributed by atoms with E-state index in [-0.39, 0.29) is 18.1 Å². The van der Waals surface area contributed by atoms with Crippen molar-refractivity contribution in [3.05, 3.63) is 11.8 Å². The normalized spacial score (nSPS) is 19.5. The van der Waals surface area contributed by atoms with Crippen LogP contribution in [-0.4, -0.2) is 17.6 Å². The van der Waals surface area contributed by atoms with Crippen LogP contribution in [0.25, 0.3) is 0 Å². The fraction of sp³-hybridized carbons (Fsp3) is 0.400. The molecule has 1 amide bonds. The van der Waals surface area contributed by atoms with Crippen LogP contribution in [0, 0.1) is 0 Å². The van der Waals surface area contributed by atoms with Crippen LogP contribution >= 0.6 is 0 Å². The molecule has 0 aliphatic carbocycles. The molecule has 3 heteroatoms. The lowest BCUT2D eigenvalue weighted by atomic mass is 10.2. The Kier molecular flexibility index (Phi) is 1.20. The first kappa shape index (κ1) is 5.15. The van der Waals surface area contributed by atoms with Crippen LogP contribution in [0.2, 0.25) is 0 Å². The van der Waals surface area contributed by atoms with E-state index < -0.39 is 0 Å². The first-order valence-electron chi connectivity index (χ1n) is 2.37. The molecule has 0 aromatic rings. The van der Waals surface area contributed by atoms with Crippen LogP contribution in [0.3, 0.4) is 0 Å². The van der Waals surface area contributed by atoms with Gasteiger partial charge in [0.2, 0.25) is 5.91 Å². The number of aliphatic hydroxyl groups is 1. The van der Waals surface area contributed by atoms with E-state index in [1.165, 1.54) is 6.08 Å². The van der Waals surface area contributed by atoms with E-state index in [1.807, 2.05) is 0 Å². The minimum Gasteiger partial charge on any atom is -0.512 e. The molecule has 1 rings (SSSR count). The van der Waals surface area contributed by atoms with Gasteiger partial charge in [-0.3, -0.25) is 4.79 Å². The second-order valence-corrected chi connectivity index (χ2v) is 1.61. The van der Waals surface area contributed by atoms with Gasteiger partial charge in [-0.2, -0.15) is 0 Å². The molecule has 0 unspecified atom stereocenters. The third-order valence-corrected chi connectivity index (χ3v) is 0.927. The highest BCUT2D eigenvalue weighted by Crippen LogP contribution is 1.99. The van der Waals surface area contributed by atoms with Crippen LogP contribution in [0.1, 0.15) is 6.42 Å². The summed E-state index contributed by atoms with van der Waals surface area (Å²) in [5.74, 6) is -0.0880. The molecule has 1 N–H and O–H groups in total. The molecule has 0 bridgehead atoms. The summed E-state index contributed by atoms with van der Waals surface area (Å²) in [6.07, 6.45) is 1.61. The van der Waals surface area contributed by atoms with Gasteiger partial charge in [0, 0.05) is 0 Å². The zero-order valence-electron chi connectivity index (χ0n) is 4.29. The number of aliphatic hydroxyl groups excluding tert-OH is 1. The molecule has 0 saturated heterocycles. The minimum atomic E-state index is -0.231. The van der Waals surface area contributed by atoms with Crippen molar-refractivity contribution in [3.8, 4) is 0 Å². The zero-order chi connectivity index (χ0) is 5.98. The number of nitrogens with zero attached hydrogens (tertiary/aromatic N) is 1. The average Bonchev–Trinajstić information content (AvgIpc) is 1.64. The van der Waals surface area contributed by atoms with E-state index in [2.05, 4.69) is 5.32 Å². The van der Waals surface area contributed by atoms with Crippen molar-refractivity contribution in [2.24, 2.45) is 0 Å². The quantitative estimate of drug-likeness (QED) is 0.478. The van der Waals surface area contributed by atoms with Crippen LogP contribution in [0.5, 0.6) is 0 Å². The Morgan fingerprint density at radius 1 is 1.75 bits per heavy atom. The van der Waals surface area contributed by atoms with Crippen molar-refractivity contribution in [2.75, 3.05) is 6.54 Å². The van der Waals surface area contributed by atoms with Crippen molar-refractivity contribution in [2.45, 2.75) is 6.42 Å². The van der Waals surface area contributed by atoms with Crippen molar-refractivity contribution in [1.82, 2.24) is 5.32 Å². The first-order valence-corrected chi connectivity index (χ1v) is 2.37. The Hall–Kier alpha value is -0.990. The third kappa shape index (κ3) is 0.992. The van der Waals surface area contributed by atoms with Gasteiger partial charge < -0.3 is 5.11 Å². The minimum absolute atomic E-state index is 0.0833. The molecule has 1 aliphatic rings. The van der Waals surface area contributed by atoms with Crippen LogP contribution < -0.4 is 5.32 Å². The lowest BCUT2D eigenvalue weighted by molar-refractivity contribution is -0.121. The van der Waals surface area contributed by atoms with E-state index in [0.717, 1.165) is 0 Å². The molecule has 1 heterocycles. The van der Waals surface area contributed by atoms with Gasteiger partial charge in [-0.05, 0) is 6.08 Å². The summed E-state index contributed by atoms with van der Waals surface area (Å²) in [5, 5.41) is 12.2. The highest BCUT2D eigenvalue weighted by Gasteiger charge is 2.09. The second kappa shape index (κ2) is 1.86. The van der Waals surface area contributed by atoms with Crippen molar-refractivity contribution >= 4 is 5.91 Å². The van der Waals surface area contributed by atoms with E-state index >= 15 is 0 Å². The highest BCUT2D eigenvalue weighted by atomic mass is 16.3. The van der Waals surface area contributed by atoms with Gasteiger partial charge in [-0.25, -0.2) is 5.32 Å². The average molecular weight is 112 g/mol. The molecule has 1 radical (unpaired) electrons. The Balaban J connectivity index is 2.57. The van der Waals surface area contributed by atoms with E-state index in [1.54, 1.807) is 0 Å². The predicted molar refractivity (Wildman–Crippen MR) is 27.3 cm³/mol. The van der Waals surface area contributed by atoms with E-state index in [0.29, 0.717) is 6.54 Å². The van der Waals surface area contributed by atoms with Gasteiger partial charge in [0.15, 0.2) is 0 Å². The van der Waals surface area contributed by atoms with Crippen molar-refractivity contribution in [1.29, 1.82) is 0 Å². The molecular formula is C5H6NO2. The van der Waals surface area contributed by atoms with Gasteiger partial charge >= 0.3 is 0 Å². The monoisotopic (exact) mass is 112 g/mol. The Labute approximate surface area is 47.0 Å². The number of amides is 1. The van der Waals surface area contributed by atoms with Gasteiger partial charge in [0.25, 0.3) is 0 Å². The number of carbonyl (C=O) groups is 1. The Bertz CT molecular complexity index is 139. The number of rotatable bonds is 0. The van der Waals surface area contributed by atoms with Crippen molar-refractivity contribution in [3.63, 3.8) is 0 Å². The van der Waals surface area contributed by atoms with Gasteiger partial charge in [0.05, 0.1) is 18.7 Å². The molecular weight excluding hydrogens is 106 g/mol. The number of carbonyl (C=O) groups excluding carboxylic acids is 1. The Morgan fingerprint density at radius 3 is 2.88 bits per heavy atom. The fourth-order valence-electron chi connectivity index (χ4n) is 0.536. The molecule has 1 aliphatic heterocycles. The molecule has 0 atom stereocenters. The number of hydrogen-bond donors (Lipinski definition) is 1. The summed E-state index contributed by atoms with van der Waals surface area (Å²) >= 11 is 0. The van der Waals surface area contributed by atoms with Gasteiger partial charge in [0.1, 0.15) is 0 Å².